The standard InChI is InChI=1S/C21H28N2O5/c1-13-10-18(26-2)19(27-3)11-14(13)20(24)23-15-6-9-28-17(15)12-16(23)21(25)22-7-4-5-8-22/h10-11,15-17H,4-9,12H2,1-3H3/t15-,16-,17-/m0/s1. The average Bonchev–Trinajstić information content (AvgIpc) is 3.43. The summed E-state index contributed by atoms with van der Waals surface area (Å²) in [6.07, 6.45) is 3.36. The summed E-state index contributed by atoms with van der Waals surface area (Å²) >= 11 is 0. The van der Waals surface area contributed by atoms with Crippen LogP contribution in [0.25, 0.3) is 0 Å². The molecule has 3 aliphatic heterocycles. The van der Waals surface area contributed by atoms with Gasteiger partial charge in [-0.25, -0.2) is 0 Å². The lowest BCUT2D eigenvalue weighted by Gasteiger charge is -2.31. The predicted molar refractivity (Wildman–Crippen MR) is 103 cm³/mol. The van der Waals surface area contributed by atoms with Crippen LogP contribution in [0.1, 0.15) is 41.6 Å². The number of likely N-dealkylation sites (tertiary alicyclic amines) is 2. The van der Waals surface area contributed by atoms with E-state index < -0.39 is 6.04 Å². The third kappa shape index (κ3) is 3.11. The second-order valence-electron chi connectivity index (χ2n) is 7.78. The molecule has 3 aliphatic rings. The highest BCUT2D eigenvalue weighted by Crippen LogP contribution is 2.38. The molecule has 28 heavy (non-hydrogen) atoms. The van der Waals surface area contributed by atoms with E-state index in [9.17, 15) is 9.59 Å². The third-order valence-electron chi connectivity index (χ3n) is 6.22. The SMILES string of the molecule is COc1cc(C)c(C(=O)N2[C@H](C(=O)N3CCCC3)C[C@@H]3OCC[C@@H]32)cc1OC. The molecule has 3 heterocycles. The summed E-state index contributed by atoms with van der Waals surface area (Å²) in [5.74, 6) is 1.03. The molecule has 0 saturated carbocycles. The molecule has 1 aromatic rings. The van der Waals surface area contributed by atoms with E-state index in [2.05, 4.69) is 0 Å². The van der Waals surface area contributed by atoms with Crippen LogP contribution in [0.2, 0.25) is 0 Å². The molecular weight excluding hydrogens is 360 g/mol. The number of methoxy groups -OCH3 is 2. The molecule has 1 aromatic carbocycles. The second-order valence-corrected chi connectivity index (χ2v) is 7.78. The molecule has 2 amide bonds. The van der Waals surface area contributed by atoms with Gasteiger partial charge in [0.1, 0.15) is 6.04 Å². The molecule has 4 rings (SSSR count). The number of nitrogens with zero attached hydrogens (tertiary/aromatic N) is 2. The average molecular weight is 388 g/mol. The number of fused-ring (bicyclic) bond motifs is 1. The van der Waals surface area contributed by atoms with Crippen molar-refractivity contribution in [3.63, 3.8) is 0 Å². The van der Waals surface area contributed by atoms with E-state index in [1.54, 1.807) is 25.2 Å². The van der Waals surface area contributed by atoms with Gasteiger partial charge in [0.05, 0.1) is 26.4 Å². The van der Waals surface area contributed by atoms with Gasteiger partial charge in [0.15, 0.2) is 11.5 Å². The molecule has 0 N–H and O–H groups in total. The number of carbonyl (C=O) groups excluding carboxylic acids is 2. The summed E-state index contributed by atoms with van der Waals surface area (Å²) < 4.78 is 16.6. The third-order valence-corrected chi connectivity index (χ3v) is 6.22. The first-order chi connectivity index (χ1) is 13.5. The number of aryl methyl sites for hydroxylation is 1. The van der Waals surface area contributed by atoms with Crippen molar-refractivity contribution in [2.45, 2.75) is 50.8 Å². The first-order valence-electron chi connectivity index (χ1n) is 10.0. The molecule has 0 aromatic heterocycles. The number of carbonyl (C=O) groups is 2. The summed E-state index contributed by atoms with van der Waals surface area (Å²) in [5.41, 5.74) is 1.35. The lowest BCUT2D eigenvalue weighted by atomic mass is 10.0. The van der Waals surface area contributed by atoms with Crippen molar-refractivity contribution in [2.24, 2.45) is 0 Å². The molecule has 0 bridgehead atoms. The Morgan fingerprint density at radius 1 is 1.11 bits per heavy atom. The van der Waals surface area contributed by atoms with Gasteiger partial charge in [-0.05, 0) is 43.9 Å². The largest absolute Gasteiger partial charge is 0.493 e. The molecule has 152 valence electrons. The number of hydrogen-bond acceptors (Lipinski definition) is 5. The maximum absolute atomic E-state index is 13.6. The normalized spacial score (nSPS) is 26.5. The Balaban J connectivity index is 1.68. The summed E-state index contributed by atoms with van der Waals surface area (Å²) in [6.45, 7) is 4.08. The van der Waals surface area contributed by atoms with Crippen LogP contribution in [0, 0.1) is 6.92 Å². The highest BCUT2D eigenvalue weighted by atomic mass is 16.5. The number of hydrogen-bond donors (Lipinski definition) is 0. The van der Waals surface area contributed by atoms with Gasteiger partial charge in [-0.2, -0.15) is 0 Å². The van der Waals surface area contributed by atoms with E-state index in [-0.39, 0.29) is 24.0 Å². The minimum Gasteiger partial charge on any atom is -0.493 e. The smallest absolute Gasteiger partial charge is 0.255 e. The molecule has 7 nitrogen and oxygen atoms in total. The van der Waals surface area contributed by atoms with Gasteiger partial charge in [0.2, 0.25) is 5.91 Å². The van der Waals surface area contributed by atoms with Gasteiger partial charge >= 0.3 is 0 Å². The van der Waals surface area contributed by atoms with E-state index in [0.717, 1.165) is 37.9 Å². The Kier molecular flexibility index (Phi) is 5.19. The minimum absolute atomic E-state index is 0.0449. The van der Waals surface area contributed by atoms with Crippen LogP contribution in [0.15, 0.2) is 12.1 Å². The summed E-state index contributed by atoms with van der Waals surface area (Å²) in [7, 11) is 3.13. The quantitative estimate of drug-likeness (QED) is 0.789. The Morgan fingerprint density at radius 3 is 2.46 bits per heavy atom. The highest BCUT2D eigenvalue weighted by molar-refractivity contribution is 6.00. The van der Waals surface area contributed by atoms with Crippen molar-refractivity contribution >= 4 is 11.8 Å². The topological polar surface area (TPSA) is 68.3 Å². The van der Waals surface area contributed by atoms with Gasteiger partial charge < -0.3 is 24.0 Å². The summed E-state index contributed by atoms with van der Waals surface area (Å²) in [4.78, 5) is 30.5. The molecule has 3 saturated heterocycles. The number of benzene rings is 1. The molecule has 0 unspecified atom stereocenters. The van der Waals surface area contributed by atoms with Gasteiger partial charge in [-0.1, -0.05) is 0 Å². The molecule has 3 atom stereocenters. The van der Waals surface area contributed by atoms with E-state index in [1.807, 2.05) is 17.9 Å². The van der Waals surface area contributed by atoms with Gasteiger partial charge in [0, 0.05) is 31.7 Å². The van der Waals surface area contributed by atoms with Crippen molar-refractivity contribution in [3.05, 3.63) is 23.3 Å². The molecule has 0 aliphatic carbocycles. The van der Waals surface area contributed by atoms with Gasteiger partial charge in [-0.3, -0.25) is 9.59 Å². The zero-order chi connectivity index (χ0) is 19.8. The van der Waals surface area contributed by atoms with Crippen molar-refractivity contribution in [1.29, 1.82) is 0 Å². The van der Waals surface area contributed by atoms with Gasteiger partial charge in [-0.15, -0.1) is 0 Å². The molecule has 0 radical (unpaired) electrons. The van der Waals surface area contributed by atoms with E-state index in [0.29, 0.717) is 30.1 Å². The monoisotopic (exact) mass is 388 g/mol. The Bertz CT molecular complexity index is 774. The fourth-order valence-electron chi connectivity index (χ4n) is 4.76. The molecule has 7 heteroatoms. The zero-order valence-electron chi connectivity index (χ0n) is 16.8. The van der Waals surface area contributed by atoms with Crippen LogP contribution in [0.5, 0.6) is 11.5 Å². The Labute approximate surface area is 165 Å². The van der Waals surface area contributed by atoms with Crippen molar-refractivity contribution < 1.29 is 23.8 Å². The fourth-order valence-corrected chi connectivity index (χ4v) is 4.76. The first-order valence-corrected chi connectivity index (χ1v) is 10.0. The van der Waals surface area contributed by atoms with Crippen molar-refractivity contribution in [2.75, 3.05) is 33.9 Å². The van der Waals surface area contributed by atoms with Crippen LogP contribution < -0.4 is 9.47 Å². The number of rotatable bonds is 4. The predicted octanol–water partition coefficient (Wildman–Crippen LogP) is 2.01. The maximum Gasteiger partial charge on any atom is 0.255 e. The van der Waals surface area contributed by atoms with Crippen LogP contribution in [0.3, 0.4) is 0 Å². The number of ether oxygens (including phenoxy) is 3. The molecule has 0 spiro atoms. The minimum atomic E-state index is -0.451. The number of amides is 2. The highest BCUT2D eigenvalue weighted by Gasteiger charge is 2.51. The van der Waals surface area contributed by atoms with E-state index >= 15 is 0 Å². The second kappa shape index (κ2) is 7.62. The maximum atomic E-state index is 13.6. The van der Waals surface area contributed by atoms with Crippen LogP contribution >= 0.6 is 0 Å². The lowest BCUT2D eigenvalue weighted by molar-refractivity contribution is -0.134. The van der Waals surface area contributed by atoms with Crippen molar-refractivity contribution in [3.8, 4) is 11.5 Å². The summed E-state index contributed by atoms with van der Waals surface area (Å²) in [6, 6.07) is 3.03. The van der Waals surface area contributed by atoms with E-state index in [4.69, 9.17) is 14.2 Å². The van der Waals surface area contributed by atoms with E-state index in [1.165, 1.54) is 0 Å². The van der Waals surface area contributed by atoms with Crippen LogP contribution in [-0.4, -0.2) is 73.7 Å². The first kappa shape index (κ1) is 19.1. The fraction of sp³-hybridized carbons (Fsp3) is 0.619. The molecule has 3 fully saturated rings. The lowest BCUT2D eigenvalue weighted by Crippen LogP contribution is -2.50. The Morgan fingerprint density at radius 2 is 1.79 bits per heavy atom. The molecular formula is C21H28N2O5. The van der Waals surface area contributed by atoms with Crippen LogP contribution in [0.4, 0.5) is 0 Å². The van der Waals surface area contributed by atoms with Gasteiger partial charge in [0.25, 0.3) is 5.91 Å². The summed E-state index contributed by atoms with van der Waals surface area (Å²) in [5, 5.41) is 0. The van der Waals surface area contributed by atoms with Crippen molar-refractivity contribution in [1.82, 2.24) is 9.80 Å². The zero-order valence-corrected chi connectivity index (χ0v) is 16.8. The van der Waals surface area contributed by atoms with Crippen LogP contribution in [-0.2, 0) is 9.53 Å². The Hall–Kier alpha value is -2.28.